The summed E-state index contributed by atoms with van der Waals surface area (Å²) in [7, 11) is 0. The summed E-state index contributed by atoms with van der Waals surface area (Å²) in [6.07, 6.45) is 4.42. The second-order valence-corrected chi connectivity index (χ2v) is 5.22. The van der Waals surface area contributed by atoms with Crippen molar-refractivity contribution >= 4 is 5.82 Å². The fourth-order valence-corrected chi connectivity index (χ4v) is 2.49. The molecule has 0 amide bonds. The van der Waals surface area contributed by atoms with E-state index in [1.54, 1.807) is 12.4 Å². The van der Waals surface area contributed by atoms with E-state index in [4.69, 9.17) is 5.73 Å². The molecule has 1 aromatic carbocycles. The number of benzene rings is 1. The van der Waals surface area contributed by atoms with Crippen LogP contribution >= 0.6 is 0 Å². The van der Waals surface area contributed by atoms with Gasteiger partial charge >= 0.3 is 0 Å². The second kappa shape index (κ2) is 6.29. The molecule has 3 aromatic rings. The number of aromatic nitrogens is 2. The van der Waals surface area contributed by atoms with E-state index in [1.165, 1.54) is 5.56 Å². The predicted octanol–water partition coefficient (Wildman–Crippen LogP) is 3.83. The summed E-state index contributed by atoms with van der Waals surface area (Å²) in [5.74, 6) is 0.239. The molecule has 0 radical (unpaired) electrons. The summed E-state index contributed by atoms with van der Waals surface area (Å²) in [5.41, 5.74) is 11.0. The first-order valence-electron chi connectivity index (χ1n) is 7.43. The number of nitriles is 1. The summed E-state index contributed by atoms with van der Waals surface area (Å²) in [4.78, 5) is 8.46. The molecule has 2 N–H and O–H groups in total. The zero-order chi connectivity index (χ0) is 16.2. The molecule has 0 saturated carbocycles. The first-order chi connectivity index (χ1) is 11.2. The molecule has 0 aliphatic carbocycles. The maximum Gasteiger partial charge on any atom is 0.142 e. The quantitative estimate of drug-likeness (QED) is 0.797. The number of aryl methyl sites for hydroxylation is 1. The average molecular weight is 300 g/mol. The molecule has 0 spiro atoms. The lowest BCUT2D eigenvalue weighted by Crippen LogP contribution is -2.00. The molecule has 0 aliphatic rings. The first kappa shape index (κ1) is 14.7. The Morgan fingerprint density at radius 2 is 1.91 bits per heavy atom. The zero-order valence-electron chi connectivity index (χ0n) is 12.8. The lowest BCUT2D eigenvalue weighted by Gasteiger charge is -2.10. The Morgan fingerprint density at radius 1 is 1.13 bits per heavy atom. The number of hydrogen-bond acceptors (Lipinski definition) is 4. The maximum atomic E-state index is 9.44. The highest BCUT2D eigenvalue weighted by Gasteiger charge is 2.13. The van der Waals surface area contributed by atoms with Crippen LogP contribution in [0.2, 0.25) is 0 Å². The summed E-state index contributed by atoms with van der Waals surface area (Å²) in [5, 5.41) is 9.44. The van der Waals surface area contributed by atoms with E-state index >= 15 is 0 Å². The first-order valence-corrected chi connectivity index (χ1v) is 7.43. The summed E-state index contributed by atoms with van der Waals surface area (Å²) in [6.45, 7) is 2.11. The van der Waals surface area contributed by atoms with Crippen LogP contribution < -0.4 is 5.73 Å². The number of rotatable bonds is 3. The summed E-state index contributed by atoms with van der Waals surface area (Å²) in [6, 6.07) is 16.0. The molecule has 0 saturated heterocycles. The van der Waals surface area contributed by atoms with Gasteiger partial charge in [0.2, 0.25) is 0 Å². The van der Waals surface area contributed by atoms with Gasteiger partial charge in [0.1, 0.15) is 17.5 Å². The van der Waals surface area contributed by atoms with E-state index in [9.17, 15) is 5.26 Å². The number of hydrogen-bond donors (Lipinski definition) is 1. The van der Waals surface area contributed by atoms with Crippen LogP contribution in [-0.2, 0) is 6.42 Å². The number of nitrogens with two attached hydrogens (primary N) is 1. The van der Waals surface area contributed by atoms with Gasteiger partial charge in [0.25, 0.3) is 0 Å². The van der Waals surface area contributed by atoms with Crippen molar-refractivity contribution in [3.63, 3.8) is 0 Å². The largest absolute Gasteiger partial charge is 0.383 e. The number of nitrogens with zero attached hydrogens (tertiary/aromatic N) is 3. The molecular weight excluding hydrogens is 284 g/mol. The highest BCUT2D eigenvalue weighted by Crippen LogP contribution is 2.31. The van der Waals surface area contributed by atoms with Gasteiger partial charge in [0, 0.05) is 23.5 Å². The molecule has 0 fully saturated rings. The molecule has 0 unspecified atom stereocenters. The van der Waals surface area contributed by atoms with Gasteiger partial charge in [-0.3, -0.25) is 4.98 Å². The van der Waals surface area contributed by atoms with Crippen LogP contribution in [-0.4, -0.2) is 9.97 Å². The van der Waals surface area contributed by atoms with Crippen molar-refractivity contribution < 1.29 is 0 Å². The fraction of sp³-hybridized carbons (Fsp3) is 0.105. The molecule has 4 nitrogen and oxygen atoms in total. The van der Waals surface area contributed by atoms with Crippen molar-refractivity contribution in [2.45, 2.75) is 13.3 Å². The van der Waals surface area contributed by atoms with E-state index in [2.05, 4.69) is 35.1 Å². The van der Waals surface area contributed by atoms with Gasteiger partial charge in [0.15, 0.2) is 0 Å². The van der Waals surface area contributed by atoms with Crippen molar-refractivity contribution in [1.82, 2.24) is 9.97 Å². The van der Waals surface area contributed by atoms with E-state index < -0.39 is 0 Å². The SMILES string of the molecule is CCc1ccc(-c2cc(-c3cccnc3)nc(N)c2C#N)cc1. The van der Waals surface area contributed by atoms with Crippen molar-refractivity contribution in [2.75, 3.05) is 5.73 Å². The van der Waals surface area contributed by atoms with Crippen molar-refractivity contribution in [3.05, 3.63) is 66.0 Å². The highest BCUT2D eigenvalue weighted by molar-refractivity contribution is 5.80. The molecule has 112 valence electrons. The maximum absolute atomic E-state index is 9.44. The Labute approximate surface area is 135 Å². The molecule has 2 heterocycles. The Morgan fingerprint density at radius 3 is 2.52 bits per heavy atom. The predicted molar refractivity (Wildman–Crippen MR) is 91.4 cm³/mol. The number of nitrogen functional groups attached to an aromatic ring is 1. The normalized spacial score (nSPS) is 10.3. The molecule has 2 aromatic heterocycles. The van der Waals surface area contributed by atoms with Crippen LogP contribution in [0.25, 0.3) is 22.4 Å². The van der Waals surface area contributed by atoms with Crippen molar-refractivity contribution in [1.29, 1.82) is 5.26 Å². The third kappa shape index (κ3) is 2.90. The molecule has 4 heteroatoms. The fourth-order valence-electron chi connectivity index (χ4n) is 2.49. The number of anilines is 1. The van der Waals surface area contributed by atoms with Crippen LogP contribution in [0.1, 0.15) is 18.1 Å². The Kier molecular flexibility index (Phi) is 4.03. The summed E-state index contributed by atoms with van der Waals surface area (Å²) < 4.78 is 0. The van der Waals surface area contributed by atoms with E-state index in [-0.39, 0.29) is 5.82 Å². The van der Waals surface area contributed by atoms with Crippen molar-refractivity contribution in [3.8, 4) is 28.5 Å². The molecule has 0 bridgehead atoms. The molecular formula is C19H16N4. The van der Waals surface area contributed by atoms with Gasteiger partial charge in [0.05, 0.1) is 5.69 Å². The minimum absolute atomic E-state index is 0.239. The summed E-state index contributed by atoms with van der Waals surface area (Å²) >= 11 is 0. The van der Waals surface area contributed by atoms with Crippen LogP contribution in [0, 0.1) is 11.3 Å². The minimum Gasteiger partial charge on any atom is -0.383 e. The minimum atomic E-state index is 0.239. The molecule has 0 aliphatic heterocycles. The van der Waals surface area contributed by atoms with Gasteiger partial charge in [-0.2, -0.15) is 5.26 Å². The lowest BCUT2D eigenvalue weighted by molar-refractivity contribution is 1.14. The van der Waals surface area contributed by atoms with Crippen LogP contribution in [0.3, 0.4) is 0 Å². The van der Waals surface area contributed by atoms with Gasteiger partial charge < -0.3 is 5.73 Å². The van der Waals surface area contributed by atoms with Crippen molar-refractivity contribution in [2.24, 2.45) is 0 Å². The van der Waals surface area contributed by atoms with Gasteiger partial charge in [-0.15, -0.1) is 0 Å². The Balaban J connectivity index is 2.18. The van der Waals surface area contributed by atoms with Gasteiger partial charge in [-0.05, 0) is 35.7 Å². The third-order valence-electron chi connectivity index (χ3n) is 3.79. The standard InChI is InChI=1S/C19H16N4/c1-2-13-5-7-14(8-6-13)16-10-18(15-4-3-9-22-12-15)23-19(21)17(16)11-20/h3-10,12H,2H2,1H3,(H2,21,23). The molecule has 23 heavy (non-hydrogen) atoms. The second-order valence-electron chi connectivity index (χ2n) is 5.22. The zero-order valence-corrected chi connectivity index (χ0v) is 12.8. The van der Waals surface area contributed by atoms with E-state index in [0.717, 1.165) is 23.1 Å². The monoisotopic (exact) mass is 300 g/mol. The lowest BCUT2D eigenvalue weighted by atomic mass is 9.97. The topological polar surface area (TPSA) is 75.6 Å². The molecule has 0 atom stereocenters. The van der Waals surface area contributed by atoms with Crippen LogP contribution in [0.15, 0.2) is 54.9 Å². The van der Waals surface area contributed by atoms with Gasteiger partial charge in [-0.1, -0.05) is 31.2 Å². The molecule has 3 rings (SSSR count). The number of pyridine rings is 2. The van der Waals surface area contributed by atoms with E-state index in [1.807, 2.05) is 30.3 Å². The Bertz CT molecular complexity index is 862. The third-order valence-corrected chi connectivity index (χ3v) is 3.79. The van der Waals surface area contributed by atoms with Crippen LogP contribution in [0.5, 0.6) is 0 Å². The Hall–Kier alpha value is -3.19. The highest BCUT2D eigenvalue weighted by atomic mass is 14.8. The average Bonchev–Trinajstić information content (AvgIpc) is 2.62. The van der Waals surface area contributed by atoms with E-state index in [0.29, 0.717) is 11.3 Å². The van der Waals surface area contributed by atoms with Crippen LogP contribution in [0.4, 0.5) is 5.82 Å². The smallest absolute Gasteiger partial charge is 0.142 e. The van der Waals surface area contributed by atoms with Gasteiger partial charge in [-0.25, -0.2) is 4.98 Å².